The van der Waals surface area contributed by atoms with Crippen LogP contribution >= 0.6 is 11.3 Å². The molecule has 6 rings (SSSR count). The number of carbonyl (C=O) groups is 1. The number of fused-ring (bicyclic) bond motifs is 3. The van der Waals surface area contributed by atoms with Gasteiger partial charge in [0.05, 0.1) is 0 Å². The Morgan fingerprint density at radius 3 is 2.15 bits per heavy atom. The molecule has 6 aromatic rings. The van der Waals surface area contributed by atoms with Crippen LogP contribution in [0.2, 0.25) is 0 Å². The van der Waals surface area contributed by atoms with E-state index in [-0.39, 0.29) is 47.9 Å². The number of carbonyl (C=O) groups excluding carboxylic acids is 1. The maximum absolute atomic E-state index is 12.2. The van der Waals surface area contributed by atoms with E-state index >= 15 is 0 Å². The van der Waals surface area contributed by atoms with Crippen LogP contribution in [0.1, 0.15) is 118 Å². The summed E-state index contributed by atoms with van der Waals surface area (Å²) < 4.78 is 7.82. The Balaban J connectivity index is 0.000000320. The van der Waals surface area contributed by atoms with Crippen molar-refractivity contribution < 1.29 is 34.4 Å². The van der Waals surface area contributed by atoms with E-state index in [0.29, 0.717) is 5.92 Å². The first-order chi connectivity index (χ1) is 25.5. The van der Waals surface area contributed by atoms with Gasteiger partial charge in [0.1, 0.15) is 17.1 Å². The monoisotopic (exact) mass is 935 g/mol. The second kappa shape index (κ2) is 17.7. The maximum atomic E-state index is 12.2. The first kappa shape index (κ1) is 44.1. The van der Waals surface area contributed by atoms with Crippen LogP contribution in [0.25, 0.3) is 54.4 Å². The number of nitrogens with zero attached hydrogens (tertiary/aromatic N) is 1. The third kappa shape index (κ3) is 9.36. The van der Waals surface area contributed by atoms with E-state index in [0.717, 1.165) is 65.5 Å². The van der Waals surface area contributed by atoms with Crippen LogP contribution in [-0.4, -0.2) is 15.9 Å². The molecule has 3 heterocycles. The summed E-state index contributed by atoms with van der Waals surface area (Å²) in [6.45, 7) is 25.6. The van der Waals surface area contributed by atoms with Crippen molar-refractivity contribution in [1.29, 1.82) is 0 Å². The van der Waals surface area contributed by atoms with Crippen LogP contribution < -0.4 is 0 Å². The molecule has 6 heteroatoms. The average Bonchev–Trinajstić information content (AvgIpc) is 3.72. The molecule has 0 unspecified atom stereocenters. The Kier molecular flexibility index (Phi) is 14.2. The predicted octanol–water partition coefficient (Wildman–Crippen LogP) is 14.8. The van der Waals surface area contributed by atoms with Crippen LogP contribution in [0.4, 0.5) is 0 Å². The minimum absolute atomic E-state index is 0. The largest absolute Gasteiger partial charge is 0.512 e. The molecule has 3 aromatic carbocycles. The molecule has 1 radical (unpaired) electrons. The summed E-state index contributed by atoms with van der Waals surface area (Å²) in [5.74, 6) is 1.82. The molecule has 55 heavy (non-hydrogen) atoms. The van der Waals surface area contributed by atoms with E-state index in [4.69, 9.17) is 9.40 Å². The molecule has 0 bridgehead atoms. The Morgan fingerprint density at radius 1 is 0.873 bits per heavy atom. The summed E-state index contributed by atoms with van der Waals surface area (Å²) in [5, 5.41) is 14.8. The van der Waals surface area contributed by atoms with E-state index < -0.39 is 0 Å². The van der Waals surface area contributed by atoms with Crippen molar-refractivity contribution in [1.82, 2.24) is 4.98 Å². The first-order valence-electron chi connectivity index (χ1n) is 19.8. The van der Waals surface area contributed by atoms with Gasteiger partial charge in [-0.3, -0.25) is 9.78 Å². The van der Waals surface area contributed by atoms with Gasteiger partial charge in [-0.25, -0.2) is 0 Å². The number of allylic oxidation sites excluding steroid dienone is 2. The van der Waals surface area contributed by atoms with E-state index in [1.807, 2.05) is 65.1 Å². The smallest absolute Gasteiger partial charge is 0.164 e. The van der Waals surface area contributed by atoms with E-state index in [1.165, 1.54) is 43.1 Å². The van der Waals surface area contributed by atoms with Crippen molar-refractivity contribution >= 4 is 48.9 Å². The molecule has 0 aliphatic rings. The normalized spacial score (nSPS) is 12.6. The fourth-order valence-corrected chi connectivity index (χ4v) is 8.18. The standard InChI is InChI=1S/C34H32NOS.C15H28O2.Ir/c1-20(2)15-22-11-12-31-27(16-22)32(21(3)37-31)30-19-26-29(36-30)13-14-35-33(26)24-17-23-9-7-8-10-25(23)28(18-24)34(4,5)6;1-7-14(5,8-2)12(16)11-13(17)15(6,9-3)10-4;/h7-14,16,18-20H,15H2,1-6H3;11,16H,7-10H2,1-6H3;/q-1;;/b;12-11-;. The van der Waals surface area contributed by atoms with Crippen molar-refractivity contribution in [2.45, 2.75) is 121 Å². The van der Waals surface area contributed by atoms with Crippen LogP contribution in [0, 0.1) is 29.7 Å². The average molecular weight is 935 g/mol. The molecule has 3 aromatic heterocycles. The number of hydrogen-bond donors (Lipinski definition) is 1. The number of furan rings is 1. The fourth-order valence-electron chi connectivity index (χ4n) is 7.13. The molecular formula is C49H60IrNO3S-. The van der Waals surface area contributed by atoms with Gasteiger partial charge in [-0.1, -0.05) is 111 Å². The quantitative estimate of drug-likeness (QED) is 0.0799. The van der Waals surface area contributed by atoms with Crippen LogP contribution in [0.5, 0.6) is 0 Å². The maximum Gasteiger partial charge on any atom is 0.164 e. The molecule has 0 saturated heterocycles. The van der Waals surface area contributed by atoms with Crippen molar-refractivity contribution in [2.75, 3.05) is 0 Å². The molecule has 295 valence electrons. The molecule has 1 N–H and O–H groups in total. The number of ketones is 1. The van der Waals surface area contributed by atoms with Gasteiger partial charge in [-0.2, -0.15) is 0 Å². The second-order valence-electron chi connectivity index (χ2n) is 17.0. The summed E-state index contributed by atoms with van der Waals surface area (Å²) in [5.41, 5.74) is 6.06. The number of aliphatic hydroxyl groups is 1. The number of rotatable bonds is 11. The Bertz CT molecular complexity index is 2290. The molecule has 0 aliphatic carbocycles. The Morgan fingerprint density at radius 2 is 1.53 bits per heavy atom. The van der Waals surface area contributed by atoms with E-state index in [9.17, 15) is 9.90 Å². The molecule has 4 nitrogen and oxygen atoms in total. The third-order valence-corrected chi connectivity index (χ3v) is 12.8. The van der Waals surface area contributed by atoms with Crippen molar-refractivity contribution in [2.24, 2.45) is 16.7 Å². The minimum atomic E-state index is -0.337. The predicted molar refractivity (Wildman–Crippen MR) is 232 cm³/mol. The van der Waals surface area contributed by atoms with Crippen molar-refractivity contribution in [3.05, 3.63) is 101 Å². The van der Waals surface area contributed by atoms with Gasteiger partial charge in [0.15, 0.2) is 5.78 Å². The Labute approximate surface area is 347 Å². The molecular weight excluding hydrogens is 875 g/mol. The third-order valence-electron chi connectivity index (χ3n) is 11.7. The van der Waals surface area contributed by atoms with Crippen LogP contribution in [0.3, 0.4) is 0 Å². The zero-order valence-corrected chi connectivity index (χ0v) is 38.2. The number of benzene rings is 3. The van der Waals surface area contributed by atoms with E-state index in [2.05, 4.69) is 102 Å². The summed E-state index contributed by atoms with van der Waals surface area (Å²) in [4.78, 5) is 18.3. The molecule has 0 amide bonds. The van der Waals surface area contributed by atoms with Gasteiger partial charge in [0, 0.05) is 74.8 Å². The van der Waals surface area contributed by atoms with Crippen LogP contribution in [-0.2, 0) is 36.7 Å². The SMILES string of the molecule is CCC(C)(CC)C(=O)/C=C(\O)C(C)(CC)CC.Cc1sc2ccc(CC(C)C)cc2c1-c1cc2c(-c3[c-]c4ccccc4c(C(C)(C)C)c3)nccc2o1.[Ir]. The number of hydrogen-bond acceptors (Lipinski definition) is 5. The van der Waals surface area contributed by atoms with Gasteiger partial charge < -0.3 is 9.52 Å². The minimum Gasteiger partial charge on any atom is -0.512 e. The zero-order valence-electron chi connectivity index (χ0n) is 35.0. The number of aryl methyl sites for hydroxylation is 1. The van der Waals surface area contributed by atoms with Gasteiger partial charge >= 0.3 is 0 Å². The topological polar surface area (TPSA) is 63.3 Å². The number of aliphatic hydroxyl groups excluding tert-OH is 1. The van der Waals surface area contributed by atoms with Crippen molar-refractivity contribution in [3.63, 3.8) is 0 Å². The van der Waals surface area contributed by atoms with Gasteiger partial charge in [0.2, 0.25) is 0 Å². The zero-order chi connectivity index (χ0) is 39.6. The van der Waals surface area contributed by atoms with Crippen molar-refractivity contribution in [3.8, 4) is 22.6 Å². The summed E-state index contributed by atoms with van der Waals surface area (Å²) in [6.07, 6.45) is 7.68. The summed E-state index contributed by atoms with van der Waals surface area (Å²) in [6, 6.07) is 25.5. The van der Waals surface area contributed by atoms with Gasteiger partial charge in [-0.15, -0.1) is 40.5 Å². The summed E-state index contributed by atoms with van der Waals surface area (Å²) in [7, 11) is 0. The number of aromatic nitrogens is 1. The Hall–Kier alpha value is -3.57. The van der Waals surface area contributed by atoms with Gasteiger partial charge in [0.25, 0.3) is 0 Å². The molecule has 0 saturated carbocycles. The first-order valence-corrected chi connectivity index (χ1v) is 20.6. The molecule has 0 atom stereocenters. The van der Waals surface area contributed by atoms with E-state index in [1.54, 1.807) is 0 Å². The molecule has 0 fully saturated rings. The molecule has 0 spiro atoms. The number of pyridine rings is 1. The van der Waals surface area contributed by atoms with Crippen LogP contribution in [0.15, 0.2) is 83.1 Å². The summed E-state index contributed by atoms with van der Waals surface area (Å²) >= 11 is 1.84. The molecule has 0 aliphatic heterocycles. The fraction of sp³-hybridized carbons (Fsp3) is 0.429. The number of thiophene rings is 1. The second-order valence-corrected chi connectivity index (χ2v) is 18.2. The van der Waals surface area contributed by atoms with Gasteiger partial charge in [-0.05, 0) is 80.2 Å².